The molecule has 0 heterocycles. The first kappa shape index (κ1) is 6.50. The minimum Gasteiger partial charge on any atom is -0.451 e. The van der Waals surface area contributed by atoms with E-state index in [9.17, 15) is 4.79 Å². The molecule has 0 saturated carbocycles. The molecule has 0 N–H and O–H groups in total. The van der Waals surface area contributed by atoms with Crippen LogP contribution in [0.3, 0.4) is 0 Å². The second-order valence-corrected chi connectivity index (χ2v) is 1.42. The predicted molar refractivity (Wildman–Crippen MR) is 26.6 cm³/mol. The fourth-order valence-electron chi connectivity index (χ4n) is 0.108. The molecule has 0 amide bonds. The summed E-state index contributed by atoms with van der Waals surface area (Å²) in [6, 6.07) is 0. The lowest BCUT2D eigenvalue weighted by molar-refractivity contribution is 0.311. The average Bonchev–Trinajstić information content (AvgIpc) is 1.61. The molecule has 0 aromatic carbocycles. The van der Waals surface area contributed by atoms with Gasteiger partial charge in [0.15, 0.2) is 0 Å². The normalized spacial score (nSPS) is 7.57. The van der Waals surface area contributed by atoms with Crippen LogP contribution in [0, 0.1) is 0 Å². The third-order valence-electron chi connectivity index (χ3n) is 0.288. The van der Waals surface area contributed by atoms with Crippen molar-refractivity contribution in [3.05, 3.63) is 11.6 Å². The van der Waals surface area contributed by atoms with Gasteiger partial charge in [0.05, 0.1) is 0 Å². The van der Waals surface area contributed by atoms with Gasteiger partial charge < -0.3 is 4.74 Å². The van der Waals surface area contributed by atoms with Gasteiger partial charge in [0.1, 0.15) is 6.61 Å². The maximum absolute atomic E-state index is 9.26. The molecular weight excluding hydrogens is 115 g/mol. The minimum absolute atomic E-state index is 0.0467. The molecule has 0 unspecified atom stereocenters. The highest BCUT2D eigenvalue weighted by atomic mass is 35.5. The zero-order chi connectivity index (χ0) is 5.70. The van der Waals surface area contributed by atoms with Gasteiger partial charge in [0.25, 0.3) is 0 Å². The van der Waals surface area contributed by atoms with E-state index in [1.165, 1.54) is 6.47 Å². The van der Waals surface area contributed by atoms with E-state index < -0.39 is 0 Å². The lowest BCUT2D eigenvalue weighted by atomic mass is 10.7. The first-order chi connectivity index (χ1) is 3.27. The monoisotopic (exact) mass is 119 g/mol. The van der Waals surface area contributed by atoms with Crippen LogP contribution in [0.5, 0.6) is 0 Å². The Morgan fingerprint density at radius 3 is 2.71 bits per heavy atom. The van der Waals surface area contributed by atoms with Gasteiger partial charge in [0.2, 0.25) is 0 Å². The van der Waals surface area contributed by atoms with Gasteiger partial charge in [-0.3, -0.25) is 0 Å². The summed E-state index contributed by atoms with van der Waals surface area (Å²) in [5.74, 6) is 0. The summed E-state index contributed by atoms with van der Waals surface area (Å²) in [5, 5.41) is 0.295. The molecule has 39 valence electrons. The van der Waals surface area contributed by atoms with Gasteiger partial charge in [0, 0.05) is 5.03 Å². The molecule has 0 aliphatic carbocycles. The van der Waals surface area contributed by atoms with Crippen LogP contribution in [0.25, 0.3) is 0 Å². The second-order valence-electron chi connectivity index (χ2n) is 0.889. The Balaban J connectivity index is 2.97. The van der Waals surface area contributed by atoms with E-state index in [-0.39, 0.29) is 6.61 Å². The molecule has 0 saturated heterocycles. The van der Waals surface area contributed by atoms with Crippen LogP contribution in [0.2, 0.25) is 0 Å². The number of hydrogen-bond donors (Lipinski definition) is 0. The van der Waals surface area contributed by atoms with Crippen LogP contribution < -0.4 is 0 Å². The zero-order valence-electron chi connectivity index (χ0n) is 3.61. The Morgan fingerprint density at radius 2 is 2.57 bits per heavy atom. The zero-order valence-corrected chi connectivity index (χ0v) is 4.36. The summed E-state index contributed by atoms with van der Waals surface area (Å²) in [5.41, 5.74) is 0. The third kappa shape index (κ3) is 5.50. The van der Waals surface area contributed by atoms with Crippen molar-refractivity contribution in [2.75, 3.05) is 6.61 Å². The molecule has 0 atom stereocenters. The van der Waals surface area contributed by atoms with Crippen LogP contribution in [-0.4, -0.2) is 13.1 Å². The van der Waals surface area contributed by atoms with Crippen LogP contribution in [0.15, 0.2) is 11.6 Å². The maximum Gasteiger partial charge on any atom is 0.417 e. The number of rotatable bonds is 3. The van der Waals surface area contributed by atoms with Crippen molar-refractivity contribution in [1.29, 1.82) is 0 Å². The Labute approximate surface area is 46.7 Å². The highest BCUT2D eigenvalue weighted by Crippen LogP contribution is 1.93. The Hall–Kier alpha value is -0.500. The van der Waals surface area contributed by atoms with Crippen molar-refractivity contribution >= 4 is 18.1 Å². The van der Waals surface area contributed by atoms with Crippen LogP contribution in [0.4, 0.5) is 0 Å². The Morgan fingerprint density at radius 1 is 2.00 bits per heavy atom. The number of halogens is 1. The lowest BCUT2D eigenvalue weighted by Gasteiger charge is -1.88. The highest BCUT2D eigenvalue weighted by molar-refractivity contribution is 6.29. The van der Waals surface area contributed by atoms with Gasteiger partial charge in [-0.05, 0) is 0 Å². The second kappa shape index (κ2) is 3.68. The average molecular weight is 120 g/mol. The molecule has 0 aromatic heterocycles. The van der Waals surface area contributed by atoms with E-state index in [0.717, 1.165) is 0 Å². The SMILES string of the molecule is C=C(Cl)CO[C]=O. The standard InChI is InChI=1S/C4H4ClO2/c1-4(5)2-7-3-6/h1-2H2. The number of carbonyl (C=O) groups excluding carboxylic acids is 1. The van der Waals surface area contributed by atoms with E-state index in [1.807, 2.05) is 0 Å². The van der Waals surface area contributed by atoms with Gasteiger partial charge in [-0.2, -0.15) is 0 Å². The molecule has 0 spiro atoms. The van der Waals surface area contributed by atoms with Crippen molar-refractivity contribution in [1.82, 2.24) is 0 Å². The van der Waals surface area contributed by atoms with Gasteiger partial charge in [-0.1, -0.05) is 18.2 Å². The molecule has 2 nitrogen and oxygen atoms in total. The third-order valence-corrected chi connectivity index (χ3v) is 0.397. The molecule has 3 heteroatoms. The van der Waals surface area contributed by atoms with E-state index in [0.29, 0.717) is 5.03 Å². The lowest BCUT2D eigenvalue weighted by Crippen LogP contribution is -1.88. The molecule has 0 aliphatic heterocycles. The first-order valence-corrected chi connectivity index (χ1v) is 1.97. The molecule has 1 radical (unpaired) electrons. The number of ether oxygens (including phenoxy) is 1. The molecule has 0 fully saturated rings. The van der Waals surface area contributed by atoms with E-state index >= 15 is 0 Å². The Kier molecular flexibility index (Phi) is 3.42. The topological polar surface area (TPSA) is 26.3 Å². The summed E-state index contributed by atoms with van der Waals surface area (Å²) in [6.07, 6.45) is 0. The van der Waals surface area contributed by atoms with Crippen molar-refractivity contribution in [3.63, 3.8) is 0 Å². The predicted octanol–water partition coefficient (Wildman–Crippen LogP) is 0.823. The summed E-state index contributed by atoms with van der Waals surface area (Å²) in [6.45, 7) is 4.50. The van der Waals surface area contributed by atoms with E-state index in [1.54, 1.807) is 0 Å². The quantitative estimate of drug-likeness (QED) is 0.550. The number of hydrogen-bond acceptors (Lipinski definition) is 2. The van der Waals surface area contributed by atoms with Crippen LogP contribution in [-0.2, 0) is 9.53 Å². The van der Waals surface area contributed by atoms with Crippen molar-refractivity contribution in [2.45, 2.75) is 0 Å². The molecule has 7 heavy (non-hydrogen) atoms. The van der Waals surface area contributed by atoms with E-state index in [4.69, 9.17) is 11.6 Å². The first-order valence-electron chi connectivity index (χ1n) is 1.59. The Bertz CT molecular complexity index is 79.8. The minimum atomic E-state index is 0.0467. The van der Waals surface area contributed by atoms with Crippen LogP contribution >= 0.6 is 11.6 Å². The molecule has 0 rings (SSSR count). The highest BCUT2D eigenvalue weighted by Gasteiger charge is 1.83. The summed E-state index contributed by atoms with van der Waals surface area (Å²) >= 11 is 5.16. The van der Waals surface area contributed by atoms with Crippen LogP contribution in [0.1, 0.15) is 0 Å². The van der Waals surface area contributed by atoms with Crippen molar-refractivity contribution < 1.29 is 9.53 Å². The van der Waals surface area contributed by atoms with Gasteiger partial charge >= 0.3 is 6.47 Å². The molecule has 0 bridgehead atoms. The molecule has 0 aromatic rings. The fourth-order valence-corrected chi connectivity index (χ4v) is 0.162. The summed E-state index contributed by atoms with van der Waals surface area (Å²) in [4.78, 5) is 9.26. The van der Waals surface area contributed by atoms with Gasteiger partial charge in [-0.15, -0.1) is 0 Å². The fraction of sp³-hybridized carbons (Fsp3) is 0.250. The maximum atomic E-state index is 9.26. The van der Waals surface area contributed by atoms with Crippen molar-refractivity contribution in [3.8, 4) is 0 Å². The largest absolute Gasteiger partial charge is 0.451 e. The molecule has 0 aliphatic rings. The van der Waals surface area contributed by atoms with E-state index in [2.05, 4.69) is 11.3 Å². The molecular formula is C4H4ClO2. The summed E-state index contributed by atoms with van der Waals surface area (Å²) < 4.78 is 4.06. The summed E-state index contributed by atoms with van der Waals surface area (Å²) in [7, 11) is 0. The smallest absolute Gasteiger partial charge is 0.417 e. The van der Waals surface area contributed by atoms with Crippen molar-refractivity contribution in [2.24, 2.45) is 0 Å². The van der Waals surface area contributed by atoms with Gasteiger partial charge in [-0.25, -0.2) is 4.79 Å².